The second-order valence-electron chi connectivity index (χ2n) is 5.13. The van der Waals surface area contributed by atoms with E-state index < -0.39 is 11.6 Å². The van der Waals surface area contributed by atoms with Crippen molar-refractivity contribution in [2.45, 2.75) is 18.9 Å². The van der Waals surface area contributed by atoms with Crippen molar-refractivity contribution >= 4 is 11.6 Å². The van der Waals surface area contributed by atoms with E-state index >= 15 is 0 Å². The van der Waals surface area contributed by atoms with Crippen molar-refractivity contribution in [1.29, 1.82) is 0 Å². The van der Waals surface area contributed by atoms with Crippen LogP contribution in [0.25, 0.3) is 0 Å². The molecular weight excluding hydrogens is 240 g/mol. The van der Waals surface area contributed by atoms with Crippen molar-refractivity contribution in [3.05, 3.63) is 17.7 Å². The molecule has 2 fully saturated rings. The molecule has 1 saturated heterocycles. The summed E-state index contributed by atoms with van der Waals surface area (Å²) < 4.78 is 26.7. The quantitative estimate of drug-likeness (QED) is 0.790. The molecule has 0 aromatic carbocycles. The Labute approximate surface area is 103 Å². The number of rotatable bonds is 1. The lowest BCUT2D eigenvalue weighted by Gasteiger charge is -2.20. The Morgan fingerprint density at radius 1 is 1.28 bits per heavy atom. The third-order valence-electron chi connectivity index (χ3n) is 4.06. The molecule has 3 atom stereocenters. The molecule has 98 valence electrons. The number of fused-ring (bicyclic) bond motifs is 1. The van der Waals surface area contributed by atoms with E-state index in [1.165, 1.54) is 0 Å². The lowest BCUT2D eigenvalue weighted by molar-refractivity contribution is 0.133. The minimum Gasteiger partial charge on any atom is -0.393 e. The summed E-state index contributed by atoms with van der Waals surface area (Å²) >= 11 is 0. The SMILES string of the molecule is Nc1nc(N2CC3CCC(O)C3C2)c(F)cc1F. The van der Waals surface area contributed by atoms with Gasteiger partial charge in [0, 0.05) is 25.1 Å². The van der Waals surface area contributed by atoms with E-state index in [0.717, 1.165) is 18.9 Å². The fourth-order valence-electron chi connectivity index (χ4n) is 3.10. The Morgan fingerprint density at radius 2 is 2.06 bits per heavy atom. The van der Waals surface area contributed by atoms with Gasteiger partial charge in [-0.2, -0.15) is 0 Å². The zero-order valence-corrected chi connectivity index (χ0v) is 9.81. The topological polar surface area (TPSA) is 62.4 Å². The predicted molar refractivity (Wildman–Crippen MR) is 63.0 cm³/mol. The number of aromatic nitrogens is 1. The van der Waals surface area contributed by atoms with Gasteiger partial charge in [0.2, 0.25) is 0 Å². The molecule has 6 heteroatoms. The molecule has 3 rings (SSSR count). The van der Waals surface area contributed by atoms with Crippen molar-refractivity contribution < 1.29 is 13.9 Å². The highest BCUT2D eigenvalue weighted by molar-refractivity contribution is 5.48. The van der Waals surface area contributed by atoms with Crippen LogP contribution in [-0.2, 0) is 0 Å². The largest absolute Gasteiger partial charge is 0.393 e. The molecule has 1 aliphatic heterocycles. The van der Waals surface area contributed by atoms with Crippen LogP contribution < -0.4 is 10.6 Å². The van der Waals surface area contributed by atoms with Crippen LogP contribution in [0.15, 0.2) is 6.07 Å². The van der Waals surface area contributed by atoms with Crippen molar-refractivity contribution in [3.63, 3.8) is 0 Å². The van der Waals surface area contributed by atoms with Gasteiger partial charge in [-0.3, -0.25) is 0 Å². The molecule has 0 amide bonds. The standard InChI is InChI=1S/C12H15F2N3O/c13-8-3-9(14)12(16-11(8)15)17-4-6-1-2-10(18)7(6)5-17/h3,6-7,10,18H,1-2,4-5H2,(H2,15,16). The summed E-state index contributed by atoms with van der Waals surface area (Å²) in [5, 5.41) is 9.81. The number of nitrogen functional groups attached to an aromatic ring is 1. The number of hydrogen-bond donors (Lipinski definition) is 2. The fourth-order valence-corrected chi connectivity index (χ4v) is 3.10. The highest BCUT2D eigenvalue weighted by atomic mass is 19.1. The third kappa shape index (κ3) is 1.71. The molecule has 1 saturated carbocycles. The molecule has 4 nitrogen and oxygen atoms in total. The number of halogens is 2. The first-order valence-electron chi connectivity index (χ1n) is 6.11. The van der Waals surface area contributed by atoms with Gasteiger partial charge in [0.25, 0.3) is 0 Å². The van der Waals surface area contributed by atoms with E-state index in [2.05, 4.69) is 4.98 Å². The predicted octanol–water partition coefficient (Wildman–Crippen LogP) is 1.15. The molecule has 0 radical (unpaired) electrons. The molecule has 1 aromatic heterocycles. The highest BCUT2D eigenvalue weighted by Gasteiger charge is 2.42. The molecule has 18 heavy (non-hydrogen) atoms. The van der Waals surface area contributed by atoms with Gasteiger partial charge in [0.1, 0.15) is 0 Å². The Balaban J connectivity index is 1.87. The maximum absolute atomic E-state index is 13.7. The summed E-state index contributed by atoms with van der Waals surface area (Å²) in [6.07, 6.45) is 1.44. The van der Waals surface area contributed by atoms with Crippen molar-refractivity contribution in [2.24, 2.45) is 11.8 Å². The minimum absolute atomic E-state index is 0.0931. The number of pyridine rings is 1. The van der Waals surface area contributed by atoms with Gasteiger partial charge in [-0.25, -0.2) is 13.8 Å². The second kappa shape index (κ2) is 4.05. The van der Waals surface area contributed by atoms with Crippen LogP contribution in [0.1, 0.15) is 12.8 Å². The molecule has 0 spiro atoms. The molecule has 0 bridgehead atoms. The molecule has 1 aromatic rings. The number of hydrogen-bond acceptors (Lipinski definition) is 4. The smallest absolute Gasteiger partial charge is 0.168 e. The van der Waals surface area contributed by atoms with Crippen molar-refractivity contribution in [1.82, 2.24) is 4.98 Å². The Hall–Kier alpha value is -1.43. The number of aliphatic hydroxyl groups is 1. The molecule has 2 aliphatic rings. The molecule has 1 aliphatic carbocycles. The molecule has 3 N–H and O–H groups in total. The Bertz CT molecular complexity index is 483. The molecule has 3 unspecified atom stereocenters. The zero-order valence-electron chi connectivity index (χ0n) is 9.81. The van der Waals surface area contributed by atoms with Crippen molar-refractivity contribution in [3.8, 4) is 0 Å². The monoisotopic (exact) mass is 255 g/mol. The van der Waals surface area contributed by atoms with Crippen LogP contribution in [0.5, 0.6) is 0 Å². The van der Waals surface area contributed by atoms with Gasteiger partial charge in [-0.15, -0.1) is 0 Å². The maximum atomic E-state index is 13.7. The highest BCUT2D eigenvalue weighted by Crippen LogP contribution is 2.40. The first-order valence-corrected chi connectivity index (χ1v) is 6.11. The van der Waals surface area contributed by atoms with Gasteiger partial charge < -0.3 is 15.7 Å². The number of anilines is 2. The van der Waals surface area contributed by atoms with Crippen LogP contribution >= 0.6 is 0 Å². The summed E-state index contributed by atoms with van der Waals surface area (Å²) in [6, 6.07) is 0.766. The maximum Gasteiger partial charge on any atom is 0.168 e. The van der Waals surface area contributed by atoms with E-state index in [0.29, 0.717) is 19.0 Å². The van der Waals surface area contributed by atoms with E-state index in [9.17, 15) is 13.9 Å². The summed E-state index contributed by atoms with van der Waals surface area (Å²) in [5.74, 6) is -1.20. The normalized spacial score (nSPS) is 30.8. The van der Waals surface area contributed by atoms with E-state index in [1.54, 1.807) is 4.90 Å². The van der Waals surface area contributed by atoms with Gasteiger partial charge in [0.05, 0.1) is 6.10 Å². The lowest BCUT2D eigenvalue weighted by Crippen LogP contribution is -2.26. The van der Waals surface area contributed by atoms with E-state index in [1.807, 2.05) is 0 Å². The van der Waals surface area contributed by atoms with Crippen LogP contribution in [-0.4, -0.2) is 29.3 Å². The summed E-state index contributed by atoms with van der Waals surface area (Å²) in [7, 11) is 0. The molecule has 2 heterocycles. The van der Waals surface area contributed by atoms with Crippen LogP contribution in [0, 0.1) is 23.5 Å². The van der Waals surface area contributed by atoms with Crippen LogP contribution in [0.3, 0.4) is 0 Å². The second-order valence-corrected chi connectivity index (χ2v) is 5.13. The first-order chi connectivity index (χ1) is 8.56. The summed E-state index contributed by atoms with van der Waals surface area (Å²) in [4.78, 5) is 5.53. The Kier molecular flexibility index (Phi) is 2.62. The third-order valence-corrected chi connectivity index (χ3v) is 4.06. The van der Waals surface area contributed by atoms with Crippen LogP contribution in [0.4, 0.5) is 20.4 Å². The molecular formula is C12H15F2N3O. The van der Waals surface area contributed by atoms with Gasteiger partial charge in [-0.1, -0.05) is 0 Å². The van der Waals surface area contributed by atoms with Gasteiger partial charge in [0.15, 0.2) is 23.3 Å². The zero-order chi connectivity index (χ0) is 12.9. The number of aliphatic hydroxyl groups excluding tert-OH is 1. The summed E-state index contributed by atoms with van der Waals surface area (Å²) in [5.41, 5.74) is 5.37. The first kappa shape index (κ1) is 11.6. The van der Waals surface area contributed by atoms with E-state index in [4.69, 9.17) is 5.73 Å². The number of nitrogens with two attached hydrogens (primary N) is 1. The minimum atomic E-state index is -0.837. The average molecular weight is 255 g/mol. The van der Waals surface area contributed by atoms with Crippen LogP contribution in [0.2, 0.25) is 0 Å². The Morgan fingerprint density at radius 3 is 2.78 bits per heavy atom. The van der Waals surface area contributed by atoms with Gasteiger partial charge in [-0.05, 0) is 18.8 Å². The van der Waals surface area contributed by atoms with E-state index in [-0.39, 0.29) is 23.7 Å². The fraction of sp³-hybridized carbons (Fsp3) is 0.583. The van der Waals surface area contributed by atoms with Crippen molar-refractivity contribution in [2.75, 3.05) is 23.7 Å². The van der Waals surface area contributed by atoms with Gasteiger partial charge >= 0.3 is 0 Å². The number of nitrogens with zero attached hydrogens (tertiary/aromatic N) is 2. The summed E-state index contributed by atoms with van der Waals surface area (Å²) in [6.45, 7) is 1.21. The average Bonchev–Trinajstić information content (AvgIpc) is 2.87. The lowest BCUT2D eigenvalue weighted by atomic mass is 10.00.